The van der Waals surface area contributed by atoms with E-state index in [0.717, 1.165) is 24.8 Å². The lowest BCUT2D eigenvalue weighted by molar-refractivity contribution is 0.289. The molecule has 1 unspecified atom stereocenters. The summed E-state index contributed by atoms with van der Waals surface area (Å²) >= 11 is 0. The van der Waals surface area contributed by atoms with Crippen molar-refractivity contribution in [1.29, 1.82) is 0 Å². The third-order valence-electron chi connectivity index (χ3n) is 3.44. The molecule has 3 nitrogen and oxygen atoms in total. The van der Waals surface area contributed by atoms with Crippen LogP contribution < -0.4 is 10.5 Å². The van der Waals surface area contributed by atoms with Gasteiger partial charge in [0.05, 0.1) is 6.61 Å². The molecule has 0 saturated heterocycles. The molecule has 1 aromatic rings. The van der Waals surface area contributed by atoms with Gasteiger partial charge < -0.3 is 15.4 Å². The van der Waals surface area contributed by atoms with Gasteiger partial charge in [0.15, 0.2) is 0 Å². The van der Waals surface area contributed by atoms with Crippen molar-refractivity contribution in [2.45, 2.75) is 46.7 Å². The lowest BCUT2D eigenvalue weighted by atomic mass is 10.0. The molecule has 0 aliphatic carbocycles. The van der Waals surface area contributed by atoms with Crippen LogP contribution in [0.1, 0.15) is 51.3 Å². The zero-order chi connectivity index (χ0) is 15.1. The molecule has 2 N–H and O–H groups in total. The first-order valence-corrected chi connectivity index (χ1v) is 7.63. The second-order valence-corrected chi connectivity index (χ2v) is 6.01. The summed E-state index contributed by atoms with van der Waals surface area (Å²) in [4.78, 5) is 2.35. The first-order valence-electron chi connectivity index (χ1n) is 7.63. The lowest BCUT2D eigenvalue weighted by Gasteiger charge is -2.21. The van der Waals surface area contributed by atoms with E-state index in [1.165, 1.54) is 17.5 Å². The summed E-state index contributed by atoms with van der Waals surface area (Å²) in [6, 6.07) is 6.35. The van der Waals surface area contributed by atoms with E-state index < -0.39 is 0 Å². The summed E-state index contributed by atoms with van der Waals surface area (Å²) in [6.45, 7) is 11.3. The van der Waals surface area contributed by atoms with Crippen molar-refractivity contribution >= 4 is 0 Å². The number of ether oxygens (including phenoxy) is 1. The van der Waals surface area contributed by atoms with Gasteiger partial charge in [0.25, 0.3) is 0 Å². The summed E-state index contributed by atoms with van der Waals surface area (Å²) in [5.74, 6) is 1.72. The van der Waals surface area contributed by atoms with E-state index in [0.29, 0.717) is 6.61 Å². The second kappa shape index (κ2) is 8.28. The minimum absolute atomic E-state index is 0.0606. The van der Waals surface area contributed by atoms with E-state index in [1.807, 2.05) is 19.9 Å². The minimum atomic E-state index is 0.0606. The molecule has 0 aliphatic heterocycles. The molecule has 0 aliphatic rings. The maximum atomic E-state index is 5.98. The number of nitrogens with two attached hydrogens (primary N) is 1. The van der Waals surface area contributed by atoms with Gasteiger partial charge in [0, 0.05) is 18.2 Å². The lowest BCUT2D eigenvalue weighted by Crippen LogP contribution is -2.21. The number of hydrogen-bond donors (Lipinski definition) is 1. The zero-order valence-corrected chi connectivity index (χ0v) is 13.6. The Hall–Kier alpha value is -1.06. The minimum Gasteiger partial charge on any atom is -0.494 e. The molecule has 114 valence electrons. The van der Waals surface area contributed by atoms with Crippen LogP contribution in [-0.4, -0.2) is 25.1 Å². The van der Waals surface area contributed by atoms with Crippen LogP contribution in [0.15, 0.2) is 18.2 Å². The van der Waals surface area contributed by atoms with Crippen LogP contribution in [0, 0.1) is 5.92 Å². The fourth-order valence-electron chi connectivity index (χ4n) is 2.15. The summed E-state index contributed by atoms with van der Waals surface area (Å²) in [5.41, 5.74) is 8.38. The molecule has 3 heteroatoms. The van der Waals surface area contributed by atoms with Gasteiger partial charge in [-0.1, -0.05) is 19.9 Å². The van der Waals surface area contributed by atoms with Gasteiger partial charge in [0.1, 0.15) is 5.75 Å². The van der Waals surface area contributed by atoms with E-state index in [2.05, 4.69) is 37.9 Å². The highest BCUT2D eigenvalue weighted by Crippen LogP contribution is 2.24. The summed E-state index contributed by atoms with van der Waals surface area (Å²) in [6.07, 6.45) is 1.22. The molecular weight excluding hydrogens is 248 g/mol. The van der Waals surface area contributed by atoms with E-state index >= 15 is 0 Å². The van der Waals surface area contributed by atoms with Crippen LogP contribution in [0.2, 0.25) is 0 Å². The average Bonchev–Trinajstić information content (AvgIpc) is 2.38. The molecule has 20 heavy (non-hydrogen) atoms. The third-order valence-corrected chi connectivity index (χ3v) is 3.44. The first kappa shape index (κ1) is 17.0. The molecule has 1 rings (SSSR count). The quantitative estimate of drug-likeness (QED) is 0.790. The molecular formula is C17H30N2O. The normalized spacial score (nSPS) is 13.0. The average molecular weight is 278 g/mol. The standard InChI is InChI=1S/C17H30N2O/c1-6-20-17-8-7-15(14(4)18)11-16(17)12-19(5)10-9-13(2)3/h7-8,11,13-14H,6,9-10,12,18H2,1-5H3. The fraction of sp³-hybridized carbons (Fsp3) is 0.647. The smallest absolute Gasteiger partial charge is 0.123 e. The van der Waals surface area contributed by atoms with Gasteiger partial charge in [-0.05, 0) is 57.5 Å². The highest BCUT2D eigenvalue weighted by Gasteiger charge is 2.10. The van der Waals surface area contributed by atoms with Crippen molar-refractivity contribution in [3.63, 3.8) is 0 Å². The molecule has 0 fully saturated rings. The largest absolute Gasteiger partial charge is 0.494 e. The van der Waals surface area contributed by atoms with Crippen molar-refractivity contribution in [1.82, 2.24) is 4.90 Å². The maximum Gasteiger partial charge on any atom is 0.123 e. The van der Waals surface area contributed by atoms with Crippen molar-refractivity contribution in [3.8, 4) is 5.75 Å². The number of benzene rings is 1. The predicted molar refractivity (Wildman–Crippen MR) is 86.0 cm³/mol. The molecule has 1 aromatic carbocycles. The maximum absolute atomic E-state index is 5.98. The SMILES string of the molecule is CCOc1ccc(C(C)N)cc1CN(C)CCC(C)C. The van der Waals surface area contributed by atoms with E-state index in [1.54, 1.807) is 0 Å². The van der Waals surface area contributed by atoms with Gasteiger partial charge in [-0.25, -0.2) is 0 Å². The Bertz CT molecular complexity index is 402. The fourth-order valence-corrected chi connectivity index (χ4v) is 2.15. The van der Waals surface area contributed by atoms with Crippen LogP contribution in [-0.2, 0) is 6.54 Å². The number of rotatable bonds is 8. The number of hydrogen-bond acceptors (Lipinski definition) is 3. The van der Waals surface area contributed by atoms with Gasteiger partial charge in [-0.15, -0.1) is 0 Å². The van der Waals surface area contributed by atoms with Gasteiger partial charge in [-0.2, -0.15) is 0 Å². The molecule has 0 amide bonds. The Balaban J connectivity index is 2.80. The first-order chi connectivity index (χ1) is 9.43. The van der Waals surface area contributed by atoms with Crippen LogP contribution in [0.25, 0.3) is 0 Å². The molecule has 0 bridgehead atoms. The predicted octanol–water partition coefficient (Wildman–Crippen LogP) is 3.58. The Kier molecular flexibility index (Phi) is 7.03. The van der Waals surface area contributed by atoms with Gasteiger partial charge in [0.2, 0.25) is 0 Å². The number of nitrogens with zero attached hydrogens (tertiary/aromatic N) is 1. The van der Waals surface area contributed by atoms with Crippen LogP contribution in [0.4, 0.5) is 0 Å². The highest BCUT2D eigenvalue weighted by molar-refractivity contribution is 5.38. The van der Waals surface area contributed by atoms with Gasteiger partial charge >= 0.3 is 0 Å². The Morgan fingerprint density at radius 1 is 1.25 bits per heavy atom. The highest BCUT2D eigenvalue weighted by atomic mass is 16.5. The second-order valence-electron chi connectivity index (χ2n) is 6.01. The van der Waals surface area contributed by atoms with Crippen LogP contribution >= 0.6 is 0 Å². The van der Waals surface area contributed by atoms with Crippen molar-refractivity contribution < 1.29 is 4.74 Å². The Morgan fingerprint density at radius 3 is 2.50 bits per heavy atom. The zero-order valence-electron chi connectivity index (χ0n) is 13.6. The summed E-state index contributed by atoms with van der Waals surface area (Å²) < 4.78 is 5.73. The van der Waals surface area contributed by atoms with E-state index in [9.17, 15) is 0 Å². The molecule has 0 aromatic heterocycles. The van der Waals surface area contributed by atoms with Crippen molar-refractivity contribution in [2.75, 3.05) is 20.2 Å². The molecule has 0 saturated carbocycles. The van der Waals surface area contributed by atoms with Crippen LogP contribution in [0.5, 0.6) is 5.75 Å². The third kappa shape index (κ3) is 5.51. The molecule has 0 radical (unpaired) electrons. The van der Waals surface area contributed by atoms with E-state index in [4.69, 9.17) is 10.5 Å². The Morgan fingerprint density at radius 2 is 1.95 bits per heavy atom. The van der Waals surface area contributed by atoms with Gasteiger partial charge in [-0.3, -0.25) is 0 Å². The summed E-state index contributed by atoms with van der Waals surface area (Å²) in [7, 11) is 2.16. The molecule has 1 atom stereocenters. The summed E-state index contributed by atoms with van der Waals surface area (Å²) in [5, 5.41) is 0. The Labute approximate surface area is 124 Å². The monoisotopic (exact) mass is 278 g/mol. The van der Waals surface area contributed by atoms with Crippen LogP contribution in [0.3, 0.4) is 0 Å². The van der Waals surface area contributed by atoms with E-state index in [-0.39, 0.29) is 6.04 Å². The topological polar surface area (TPSA) is 38.5 Å². The molecule has 0 spiro atoms. The van der Waals surface area contributed by atoms with Crippen molar-refractivity contribution in [3.05, 3.63) is 29.3 Å². The molecule has 0 heterocycles. The van der Waals surface area contributed by atoms with Crippen molar-refractivity contribution in [2.24, 2.45) is 11.7 Å².